The van der Waals surface area contributed by atoms with Gasteiger partial charge in [0.2, 0.25) is 0 Å². The molecule has 0 saturated heterocycles. The molecule has 0 bridgehead atoms. The van der Waals surface area contributed by atoms with Crippen molar-refractivity contribution >= 4 is 5.82 Å². The van der Waals surface area contributed by atoms with Crippen molar-refractivity contribution in [2.24, 2.45) is 0 Å². The molecular formula is C22H24N2O2. The second kappa shape index (κ2) is 7.91. The first-order valence-electron chi connectivity index (χ1n) is 8.59. The predicted molar refractivity (Wildman–Crippen MR) is 105 cm³/mol. The number of methoxy groups -OCH3 is 2. The molecule has 0 fully saturated rings. The van der Waals surface area contributed by atoms with Gasteiger partial charge in [-0.2, -0.15) is 0 Å². The Morgan fingerprint density at radius 3 is 1.81 bits per heavy atom. The van der Waals surface area contributed by atoms with Crippen molar-refractivity contribution in [2.45, 2.75) is 19.8 Å². The van der Waals surface area contributed by atoms with Crippen LogP contribution in [0.2, 0.25) is 0 Å². The highest BCUT2D eigenvalue weighted by atomic mass is 16.5. The largest absolute Gasteiger partial charge is 0.497 e. The SMILES string of the molecule is COc1ccc(Cc2cnc(N)c(Cc3ccc(OC)cc3)c2C)cc1. The Labute approximate surface area is 154 Å². The molecule has 0 aliphatic heterocycles. The lowest BCUT2D eigenvalue weighted by Gasteiger charge is -2.14. The van der Waals surface area contributed by atoms with E-state index in [2.05, 4.69) is 36.2 Å². The molecule has 2 aromatic carbocycles. The van der Waals surface area contributed by atoms with Crippen molar-refractivity contribution in [3.05, 3.63) is 82.5 Å². The summed E-state index contributed by atoms with van der Waals surface area (Å²) in [5.74, 6) is 2.31. The molecule has 0 aliphatic rings. The number of nitrogens with zero attached hydrogens (tertiary/aromatic N) is 1. The van der Waals surface area contributed by atoms with E-state index in [0.717, 1.165) is 29.9 Å². The highest BCUT2D eigenvalue weighted by Gasteiger charge is 2.11. The van der Waals surface area contributed by atoms with Crippen molar-refractivity contribution in [1.82, 2.24) is 4.98 Å². The third-order valence-electron chi connectivity index (χ3n) is 4.70. The third-order valence-corrected chi connectivity index (χ3v) is 4.70. The van der Waals surface area contributed by atoms with Gasteiger partial charge in [0.05, 0.1) is 14.2 Å². The molecule has 0 aliphatic carbocycles. The molecule has 1 aromatic heterocycles. The van der Waals surface area contributed by atoms with Crippen LogP contribution in [0.15, 0.2) is 54.7 Å². The van der Waals surface area contributed by atoms with E-state index in [4.69, 9.17) is 15.2 Å². The van der Waals surface area contributed by atoms with E-state index in [0.29, 0.717) is 5.82 Å². The number of rotatable bonds is 6. The standard InChI is InChI=1S/C22H24N2O2/c1-15-18(12-16-4-8-19(25-2)9-5-16)14-24-22(23)21(15)13-17-6-10-20(26-3)11-7-17/h4-11,14H,12-13H2,1-3H3,(H2,23,24). The first-order chi connectivity index (χ1) is 12.6. The Bertz CT molecular complexity index is 872. The van der Waals surface area contributed by atoms with Crippen molar-refractivity contribution in [3.63, 3.8) is 0 Å². The van der Waals surface area contributed by atoms with Crippen LogP contribution in [0.1, 0.15) is 27.8 Å². The highest BCUT2D eigenvalue weighted by molar-refractivity contribution is 5.51. The number of nitrogen functional groups attached to an aromatic ring is 1. The van der Waals surface area contributed by atoms with E-state index in [1.165, 1.54) is 22.3 Å². The fraction of sp³-hybridized carbons (Fsp3) is 0.227. The van der Waals surface area contributed by atoms with Gasteiger partial charge in [0.1, 0.15) is 17.3 Å². The smallest absolute Gasteiger partial charge is 0.127 e. The highest BCUT2D eigenvalue weighted by Crippen LogP contribution is 2.25. The zero-order valence-electron chi connectivity index (χ0n) is 15.5. The normalized spacial score (nSPS) is 10.6. The van der Waals surface area contributed by atoms with Crippen LogP contribution in [0.5, 0.6) is 11.5 Å². The zero-order chi connectivity index (χ0) is 18.5. The van der Waals surface area contributed by atoms with Crippen molar-refractivity contribution < 1.29 is 9.47 Å². The zero-order valence-corrected chi connectivity index (χ0v) is 15.5. The molecule has 3 aromatic rings. The quantitative estimate of drug-likeness (QED) is 0.726. The summed E-state index contributed by atoms with van der Waals surface area (Å²) in [6, 6.07) is 16.2. The summed E-state index contributed by atoms with van der Waals surface area (Å²) >= 11 is 0. The fourth-order valence-electron chi connectivity index (χ4n) is 3.02. The second-order valence-corrected chi connectivity index (χ2v) is 6.32. The minimum atomic E-state index is 0.594. The van der Waals surface area contributed by atoms with E-state index in [9.17, 15) is 0 Å². The monoisotopic (exact) mass is 348 g/mol. The Morgan fingerprint density at radius 2 is 1.31 bits per heavy atom. The maximum absolute atomic E-state index is 6.17. The predicted octanol–water partition coefficient (Wildman–Crippen LogP) is 4.17. The lowest BCUT2D eigenvalue weighted by atomic mass is 9.95. The van der Waals surface area contributed by atoms with Gasteiger partial charge in [0.15, 0.2) is 0 Å². The van der Waals surface area contributed by atoms with Crippen molar-refractivity contribution in [3.8, 4) is 11.5 Å². The summed E-state index contributed by atoms with van der Waals surface area (Å²) in [4.78, 5) is 4.43. The van der Waals surface area contributed by atoms with E-state index < -0.39 is 0 Å². The van der Waals surface area contributed by atoms with Gasteiger partial charge in [0.25, 0.3) is 0 Å². The average Bonchev–Trinajstić information content (AvgIpc) is 2.68. The summed E-state index contributed by atoms with van der Waals surface area (Å²) in [5, 5.41) is 0. The number of nitrogens with two attached hydrogens (primary N) is 1. The van der Waals surface area contributed by atoms with Gasteiger partial charge in [-0.1, -0.05) is 24.3 Å². The van der Waals surface area contributed by atoms with Crippen LogP contribution in [0.3, 0.4) is 0 Å². The molecule has 4 heteroatoms. The van der Waals surface area contributed by atoms with Crippen LogP contribution in [-0.2, 0) is 12.8 Å². The van der Waals surface area contributed by atoms with Crippen LogP contribution in [0.4, 0.5) is 5.82 Å². The summed E-state index contributed by atoms with van der Waals surface area (Å²) in [6.45, 7) is 2.12. The lowest BCUT2D eigenvalue weighted by molar-refractivity contribution is 0.414. The summed E-state index contributed by atoms with van der Waals surface area (Å²) in [7, 11) is 3.35. The topological polar surface area (TPSA) is 57.4 Å². The molecule has 0 radical (unpaired) electrons. The Morgan fingerprint density at radius 1 is 0.808 bits per heavy atom. The van der Waals surface area contributed by atoms with Crippen molar-refractivity contribution in [2.75, 3.05) is 20.0 Å². The van der Waals surface area contributed by atoms with Gasteiger partial charge in [-0.3, -0.25) is 0 Å². The average molecular weight is 348 g/mol. The van der Waals surface area contributed by atoms with E-state index in [1.807, 2.05) is 30.5 Å². The number of pyridine rings is 1. The Balaban J connectivity index is 1.84. The van der Waals surface area contributed by atoms with Gasteiger partial charge in [-0.05, 0) is 59.9 Å². The number of ether oxygens (including phenoxy) is 2. The fourth-order valence-corrected chi connectivity index (χ4v) is 3.02. The van der Waals surface area contributed by atoms with Gasteiger partial charge < -0.3 is 15.2 Å². The molecule has 0 amide bonds. The summed E-state index contributed by atoms with van der Waals surface area (Å²) < 4.78 is 10.4. The Kier molecular flexibility index (Phi) is 5.42. The minimum Gasteiger partial charge on any atom is -0.497 e. The number of aromatic nitrogens is 1. The number of anilines is 1. The van der Waals surface area contributed by atoms with Crippen LogP contribution < -0.4 is 15.2 Å². The second-order valence-electron chi connectivity index (χ2n) is 6.32. The number of hydrogen-bond donors (Lipinski definition) is 1. The van der Waals surface area contributed by atoms with E-state index >= 15 is 0 Å². The van der Waals surface area contributed by atoms with Crippen LogP contribution in [-0.4, -0.2) is 19.2 Å². The molecule has 26 heavy (non-hydrogen) atoms. The molecule has 4 nitrogen and oxygen atoms in total. The Hall–Kier alpha value is -3.01. The van der Waals surface area contributed by atoms with Crippen LogP contribution >= 0.6 is 0 Å². The molecule has 0 atom stereocenters. The van der Waals surface area contributed by atoms with Crippen molar-refractivity contribution in [1.29, 1.82) is 0 Å². The molecule has 3 rings (SSSR count). The third kappa shape index (κ3) is 3.97. The maximum Gasteiger partial charge on any atom is 0.127 e. The van der Waals surface area contributed by atoms with Gasteiger partial charge in [-0.15, -0.1) is 0 Å². The van der Waals surface area contributed by atoms with Gasteiger partial charge in [-0.25, -0.2) is 4.98 Å². The first kappa shape index (κ1) is 17.8. The maximum atomic E-state index is 6.17. The van der Waals surface area contributed by atoms with Crippen LogP contribution in [0.25, 0.3) is 0 Å². The molecule has 1 heterocycles. The molecule has 0 unspecified atom stereocenters. The molecule has 0 saturated carbocycles. The van der Waals surface area contributed by atoms with Gasteiger partial charge in [0, 0.05) is 18.2 Å². The van der Waals surface area contributed by atoms with Crippen LogP contribution in [0, 0.1) is 6.92 Å². The molecule has 134 valence electrons. The van der Waals surface area contributed by atoms with Gasteiger partial charge >= 0.3 is 0 Å². The number of hydrogen-bond acceptors (Lipinski definition) is 4. The first-order valence-corrected chi connectivity index (χ1v) is 8.59. The van der Waals surface area contributed by atoms with E-state index in [1.54, 1.807) is 14.2 Å². The molecule has 2 N–H and O–H groups in total. The molecule has 0 spiro atoms. The minimum absolute atomic E-state index is 0.594. The van der Waals surface area contributed by atoms with E-state index in [-0.39, 0.29) is 0 Å². The summed E-state index contributed by atoms with van der Waals surface area (Å²) in [5.41, 5.74) is 12.0. The lowest BCUT2D eigenvalue weighted by Crippen LogP contribution is -2.05. The number of benzene rings is 2. The molecular weight excluding hydrogens is 324 g/mol. The summed E-state index contributed by atoms with van der Waals surface area (Å²) in [6.07, 6.45) is 3.45.